The van der Waals surface area contributed by atoms with Crippen molar-refractivity contribution in [3.05, 3.63) is 0 Å². The number of nitrogens with one attached hydrogen (secondary N) is 1. The molecule has 1 atom stereocenters. The molecule has 0 aromatic carbocycles. The maximum absolute atomic E-state index is 5.76. The molecule has 3 heteroatoms. The molecule has 1 unspecified atom stereocenters. The Kier molecular flexibility index (Phi) is 1.87. The van der Waals surface area contributed by atoms with Crippen LogP contribution < -0.4 is 5.32 Å². The molecule has 2 aliphatic heterocycles. The number of likely N-dealkylation sites (N-methyl/N-ethyl adjacent to an activating group) is 1. The van der Waals surface area contributed by atoms with E-state index in [4.69, 9.17) is 4.74 Å². The molecular formula is C8H16N2O. The second-order valence-corrected chi connectivity index (χ2v) is 3.50. The molecule has 2 fully saturated rings. The fraction of sp³-hybridized carbons (Fsp3) is 1.00. The zero-order valence-electron chi connectivity index (χ0n) is 7.10. The van der Waals surface area contributed by atoms with E-state index in [-0.39, 0.29) is 5.72 Å². The maximum Gasteiger partial charge on any atom is 0.134 e. The molecule has 3 nitrogen and oxygen atoms in total. The van der Waals surface area contributed by atoms with Gasteiger partial charge >= 0.3 is 0 Å². The summed E-state index contributed by atoms with van der Waals surface area (Å²) in [6.45, 7) is 4.14. The fourth-order valence-corrected chi connectivity index (χ4v) is 2.00. The molecule has 1 N–H and O–H groups in total. The molecule has 0 saturated carbocycles. The molecule has 0 bridgehead atoms. The van der Waals surface area contributed by atoms with Gasteiger partial charge in [-0.1, -0.05) is 0 Å². The quantitative estimate of drug-likeness (QED) is 0.535. The van der Waals surface area contributed by atoms with Gasteiger partial charge in [-0.2, -0.15) is 0 Å². The summed E-state index contributed by atoms with van der Waals surface area (Å²) in [4.78, 5) is 2.33. The number of rotatable bonds is 0. The summed E-state index contributed by atoms with van der Waals surface area (Å²) >= 11 is 0. The van der Waals surface area contributed by atoms with Crippen LogP contribution >= 0.6 is 0 Å². The van der Waals surface area contributed by atoms with Crippen LogP contribution in [0.1, 0.15) is 12.8 Å². The lowest BCUT2D eigenvalue weighted by molar-refractivity contribution is -0.0864. The van der Waals surface area contributed by atoms with Gasteiger partial charge in [-0.15, -0.1) is 0 Å². The smallest absolute Gasteiger partial charge is 0.134 e. The standard InChI is InChI=1S/C8H16N2O/c1-10-5-6-11-8(10)3-2-4-9-7-8/h9H,2-7H2,1H3. The Morgan fingerprint density at radius 1 is 1.55 bits per heavy atom. The molecule has 2 rings (SSSR count). The summed E-state index contributed by atoms with van der Waals surface area (Å²) in [7, 11) is 2.15. The Balaban J connectivity index is 2.06. The molecule has 2 heterocycles. The Bertz CT molecular complexity index is 143. The first-order chi connectivity index (χ1) is 5.33. The molecule has 11 heavy (non-hydrogen) atoms. The molecule has 0 aromatic heterocycles. The van der Waals surface area contributed by atoms with Crippen LogP contribution in [0.3, 0.4) is 0 Å². The Labute approximate surface area is 67.7 Å². The summed E-state index contributed by atoms with van der Waals surface area (Å²) in [6, 6.07) is 0. The zero-order valence-corrected chi connectivity index (χ0v) is 7.10. The third-order valence-corrected chi connectivity index (χ3v) is 2.82. The Morgan fingerprint density at radius 3 is 3.00 bits per heavy atom. The third-order valence-electron chi connectivity index (χ3n) is 2.82. The van der Waals surface area contributed by atoms with Crippen molar-refractivity contribution in [2.75, 3.05) is 33.3 Å². The lowest BCUT2D eigenvalue weighted by atomic mass is 10.0. The van der Waals surface area contributed by atoms with Crippen molar-refractivity contribution in [2.24, 2.45) is 0 Å². The highest BCUT2D eigenvalue weighted by Crippen LogP contribution is 2.27. The van der Waals surface area contributed by atoms with Crippen LogP contribution in [0.5, 0.6) is 0 Å². The van der Waals surface area contributed by atoms with Gasteiger partial charge in [0, 0.05) is 13.1 Å². The van der Waals surface area contributed by atoms with E-state index in [0.717, 1.165) is 26.2 Å². The van der Waals surface area contributed by atoms with E-state index in [0.29, 0.717) is 0 Å². The van der Waals surface area contributed by atoms with Gasteiger partial charge in [-0.3, -0.25) is 4.90 Å². The predicted molar refractivity (Wildman–Crippen MR) is 43.4 cm³/mol. The molecule has 0 aromatic rings. The SMILES string of the molecule is CN1CCOC12CCCNC2. The first-order valence-electron chi connectivity index (χ1n) is 4.39. The lowest BCUT2D eigenvalue weighted by Crippen LogP contribution is -2.53. The highest BCUT2D eigenvalue weighted by molar-refractivity contribution is 4.89. The van der Waals surface area contributed by atoms with Crippen LogP contribution in [-0.2, 0) is 4.74 Å². The van der Waals surface area contributed by atoms with Crippen LogP contribution in [0.25, 0.3) is 0 Å². The average Bonchev–Trinajstić information content (AvgIpc) is 2.36. The molecule has 64 valence electrons. The third kappa shape index (κ3) is 1.17. The van der Waals surface area contributed by atoms with E-state index in [9.17, 15) is 0 Å². The Morgan fingerprint density at radius 2 is 2.45 bits per heavy atom. The predicted octanol–water partition coefficient (Wildman–Crippen LogP) is 0.0281. The van der Waals surface area contributed by atoms with E-state index in [2.05, 4.69) is 17.3 Å². The zero-order chi connectivity index (χ0) is 7.73. The van der Waals surface area contributed by atoms with E-state index >= 15 is 0 Å². The molecule has 2 saturated heterocycles. The molecule has 1 spiro atoms. The van der Waals surface area contributed by atoms with Crippen LogP contribution in [0, 0.1) is 0 Å². The summed E-state index contributed by atoms with van der Waals surface area (Å²) in [5.74, 6) is 0. The van der Waals surface area contributed by atoms with E-state index in [1.165, 1.54) is 12.8 Å². The molecule has 2 aliphatic rings. The van der Waals surface area contributed by atoms with Crippen LogP contribution in [0.2, 0.25) is 0 Å². The number of hydrogen-bond donors (Lipinski definition) is 1. The van der Waals surface area contributed by atoms with Gasteiger partial charge in [0.2, 0.25) is 0 Å². The summed E-state index contributed by atoms with van der Waals surface area (Å²) < 4.78 is 5.76. The largest absolute Gasteiger partial charge is 0.358 e. The monoisotopic (exact) mass is 156 g/mol. The topological polar surface area (TPSA) is 24.5 Å². The minimum Gasteiger partial charge on any atom is -0.358 e. The summed E-state index contributed by atoms with van der Waals surface area (Å²) in [5.41, 5.74) is 0.0538. The molecular weight excluding hydrogens is 140 g/mol. The van der Waals surface area contributed by atoms with Crippen molar-refractivity contribution in [2.45, 2.75) is 18.6 Å². The van der Waals surface area contributed by atoms with Gasteiger partial charge in [0.25, 0.3) is 0 Å². The van der Waals surface area contributed by atoms with Crippen molar-refractivity contribution in [1.29, 1.82) is 0 Å². The van der Waals surface area contributed by atoms with Crippen molar-refractivity contribution in [3.63, 3.8) is 0 Å². The molecule has 0 radical (unpaired) electrons. The lowest BCUT2D eigenvalue weighted by Gasteiger charge is -2.38. The van der Waals surface area contributed by atoms with Gasteiger partial charge < -0.3 is 10.1 Å². The second-order valence-electron chi connectivity index (χ2n) is 3.50. The van der Waals surface area contributed by atoms with Gasteiger partial charge in [-0.05, 0) is 26.4 Å². The van der Waals surface area contributed by atoms with Gasteiger partial charge in [0.15, 0.2) is 0 Å². The van der Waals surface area contributed by atoms with Crippen LogP contribution in [0.15, 0.2) is 0 Å². The highest BCUT2D eigenvalue weighted by Gasteiger charge is 2.40. The normalized spacial score (nSPS) is 40.1. The van der Waals surface area contributed by atoms with Gasteiger partial charge in [-0.25, -0.2) is 0 Å². The second kappa shape index (κ2) is 2.73. The van der Waals surface area contributed by atoms with Crippen LogP contribution in [0.4, 0.5) is 0 Å². The summed E-state index contributed by atoms with van der Waals surface area (Å²) in [6.07, 6.45) is 2.43. The first kappa shape index (κ1) is 7.53. The van der Waals surface area contributed by atoms with Crippen molar-refractivity contribution in [1.82, 2.24) is 10.2 Å². The van der Waals surface area contributed by atoms with Crippen molar-refractivity contribution >= 4 is 0 Å². The van der Waals surface area contributed by atoms with Crippen molar-refractivity contribution < 1.29 is 4.74 Å². The highest BCUT2D eigenvalue weighted by atomic mass is 16.5. The minimum atomic E-state index is 0.0538. The van der Waals surface area contributed by atoms with E-state index in [1.54, 1.807) is 0 Å². The van der Waals surface area contributed by atoms with Gasteiger partial charge in [0.05, 0.1) is 6.61 Å². The fourth-order valence-electron chi connectivity index (χ4n) is 2.00. The number of nitrogens with zero attached hydrogens (tertiary/aromatic N) is 1. The van der Waals surface area contributed by atoms with E-state index in [1.807, 2.05) is 0 Å². The number of ether oxygens (including phenoxy) is 1. The Hall–Kier alpha value is -0.120. The average molecular weight is 156 g/mol. The van der Waals surface area contributed by atoms with Crippen molar-refractivity contribution in [3.8, 4) is 0 Å². The summed E-state index contributed by atoms with van der Waals surface area (Å²) in [5, 5.41) is 3.38. The van der Waals surface area contributed by atoms with E-state index < -0.39 is 0 Å². The van der Waals surface area contributed by atoms with Crippen LogP contribution in [-0.4, -0.2) is 43.9 Å². The minimum absolute atomic E-state index is 0.0538. The van der Waals surface area contributed by atoms with Gasteiger partial charge in [0.1, 0.15) is 5.72 Å². The number of piperidine rings is 1. The first-order valence-corrected chi connectivity index (χ1v) is 4.39. The number of hydrogen-bond acceptors (Lipinski definition) is 3. The maximum atomic E-state index is 5.76. The molecule has 0 amide bonds. The molecule has 0 aliphatic carbocycles.